The summed E-state index contributed by atoms with van der Waals surface area (Å²) in [6.45, 7) is 43.0. The van der Waals surface area contributed by atoms with Crippen LogP contribution in [0.1, 0.15) is 183 Å². The van der Waals surface area contributed by atoms with Gasteiger partial charge in [-0.25, -0.2) is 0 Å². The van der Waals surface area contributed by atoms with Gasteiger partial charge in [-0.05, 0) is 141 Å². The maximum atomic E-state index is 13.1. The SMILES string of the molecule is CCCCc1c(-c2cc3ccc(C(C)(C)C)cc3cc2C(C)(C)C)c(C(C)(C)C)c(OP([O-])[O-])c(C(C)(C)C)c1-c1cc2ccc(C(C)(C)C)cc2cc1C(C)(C)C. The Morgan fingerprint density at radius 1 is 0.466 bits per heavy atom. The van der Waals surface area contributed by atoms with Crippen LogP contribution in [0.2, 0.25) is 0 Å². The van der Waals surface area contributed by atoms with Crippen molar-refractivity contribution in [2.75, 3.05) is 0 Å². The van der Waals surface area contributed by atoms with Crippen LogP contribution in [0.5, 0.6) is 5.75 Å². The van der Waals surface area contributed by atoms with E-state index in [9.17, 15) is 9.79 Å². The quantitative estimate of drug-likeness (QED) is 0.154. The Morgan fingerprint density at radius 2 is 0.845 bits per heavy atom. The van der Waals surface area contributed by atoms with Crippen LogP contribution >= 0.6 is 8.60 Å². The zero-order valence-electron chi connectivity index (χ0n) is 39.6. The van der Waals surface area contributed by atoms with Gasteiger partial charge in [-0.1, -0.05) is 183 Å². The molecule has 5 aromatic carbocycles. The lowest BCUT2D eigenvalue weighted by Crippen LogP contribution is -2.26. The molecule has 0 aliphatic heterocycles. The van der Waals surface area contributed by atoms with Crippen LogP contribution < -0.4 is 14.3 Å². The van der Waals surface area contributed by atoms with Crippen molar-refractivity contribution < 1.29 is 14.3 Å². The van der Waals surface area contributed by atoms with Crippen LogP contribution in [0.4, 0.5) is 0 Å². The molecule has 0 aliphatic carbocycles. The van der Waals surface area contributed by atoms with Crippen LogP contribution in [-0.4, -0.2) is 0 Å². The molecule has 0 saturated heterocycles. The van der Waals surface area contributed by atoms with E-state index in [0.29, 0.717) is 5.75 Å². The van der Waals surface area contributed by atoms with E-state index >= 15 is 0 Å². The van der Waals surface area contributed by atoms with E-state index in [0.717, 1.165) is 52.6 Å². The number of hydrogen-bond acceptors (Lipinski definition) is 3. The zero-order valence-corrected chi connectivity index (χ0v) is 40.5. The molecule has 4 heteroatoms. The second-order valence-electron chi connectivity index (χ2n) is 23.1. The smallest absolute Gasteiger partial charge is 0.128 e. The average molecular weight is 801 g/mol. The van der Waals surface area contributed by atoms with Crippen molar-refractivity contribution in [1.82, 2.24) is 0 Å². The minimum atomic E-state index is -3.23. The van der Waals surface area contributed by atoms with Crippen LogP contribution in [-0.2, 0) is 38.9 Å². The lowest BCUT2D eigenvalue weighted by molar-refractivity contribution is -0.310. The molecule has 5 aromatic rings. The Morgan fingerprint density at radius 3 is 1.14 bits per heavy atom. The van der Waals surface area contributed by atoms with E-state index in [1.54, 1.807) is 0 Å². The molecule has 0 spiro atoms. The maximum absolute atomic E-state index is 13.1. The van der Waals surface area contributed by atoms with Gasteiger partial charge in [-0.3, -0.25) is 0 Å². The zero-order chi connectivity index (χ0) is 43.7. The highest BCUT2D eigenvalue weighted by atomic mass is 31.2. The molecule has 0 saturated carbocycles. The van der Waals surface area contributed by atoms with E-state index in [-0.39, 0.29) is 21.7 Å². The molecule has 0 heterocycles. The van der Waals surface area contributed by atoms with E-state index in [1.165, 1.54) is 49.4 Å². The first-order valence-electron chi connectivity index (χ1n) is 21.6. The topological polar surface area (TPSA) is 55.3 Å². The number of unbranched alkanes of at least 4 members (excludes halogenated alkanes) is 1. The van der Waals surface area contributed by atoms with Gasteiger partial charge in [0.05, 0.1) is 0 Å². The minimum absolute atomic E-state index is 0.0133. The van der Waals surface area contributed by atoms with Crippen LogP contribution in [0.25, 0.3) is 43.8 Å². The Hall–Kier alpha value is -3.23. The molecule has 0 radical (unpaired) electrons. The summed E-state index contributed by atoms with van der Waals surface area (Å²) >= 11 is 0. The van der Waals surface area contributed by atoms with Crippen molar-refractivity contribution in [2.24, 2.45) is 0 Å². The van der Waals surface area contributed by atoms with Gasteiger partial charge in [0.2, 0.25) is 0 Å². The van der Waals surface area contributed by atoms with Gasteiger partial charge < -0.3 is 14.3 Å². The Labute approximate surface area is 354 Å². The molecule has 0 aliphatic rings. The predicted molar refractivity (Wildman–Crippen MR) is 251 cm³/mol. The van der Waals surface area contributed by atoms with Crippen molar-refractivity contribution in [1.29, 1.82) is 0 Å². The van der Waals surface area contributed by atoms with E-state index < -0.39 is 19.4 Å². The second kappa shape index (κ2) is 15.7. The van der Waals surface area contributed by atoms with Crippen LogP contribution in [0.3, 0.4) is 0 Å². The van der Waals surface area contributed by atoms with Gasteiger partial charge in [-0.15, -0.1) is 0 Å². The normalized spacial score (nSPS) is 13.6. The molecule has 0 unspecified atom stereocenters. The first-order chi connectivity index (χ1) is 26.4. The summed E-state index contributed by atoms with van der Waals surface area (Å²) in [5.41, 5.74) is 11.4. The van der Waals surface area contributed by atoms with Crippen molar-refractivity contribution in [2.45, 2.75) is 183 Å². The number of fused-ring (bicyclic) bond motifs is 2. The average Bonchev–Trinajstić information content (AvgIpc) is 3.05. The van der Waals surface area contributed by atoms with Gasteiger partial charge in [0.25, 0.3) is 0 Å². The fraction of sp³-hybridized carbons (Fsp3) is 0.519. The van der Waals surface area contributed by atoms with Gasteiger partial charge in [-0.2, -0.15) is 0 Å². The highest BCUT2D eigenvalue weighted by Crippen LogP contribution is 2.57. The Kier molecular flexibility index (Phi) is 12.4. The Balaban J connectivity index is 2.17. The summed E-state index contributed by atoms with van der Waals surface area (Å²) in [7, 11) is -3.23. The third kappa shape index (κ3) is 9.38. The van der Waals surface area contributed by atoms with Gasteiger partial charge in [0, 0.05) is 11.1 Å². The molecule has 0 N–H and O–H groups in total. The maximum Gasteiger partial charge on any atom is 0.128 e. The van der Waals surface area contributed by atoms with E-state index in [4.69, 9.17) is 4.52 Å². The molecule has 0 atom stereocenters. The summed E-state index contributed by atoms with van der Waals surface area (Å²) < 4.78 is 6.30. The van der Waals surface area contributed by atoms with Crippen molar-refractivity contribution in [3.05, 3.63) is 99.6 Å². The first-order valence-corrected chi connectivity index (χ1v) is 22.7. The third-order valence-electron chi connectivity index (χ3n) is 11.8. The predicted octanol–water partition coefficient (Wildman–Crippen LogP) is 14.8. The van der Waals surface area contributed by atoms with Crippen molar-refractivity contribution in [3.63, 3.8) is 0 Å². The molecular weight excluding hydrogens is 728 g/mol. The van der Waals surface area contributed by atoms with E-state index in [2.05, 4.69) is 192 Å². The first kappa shape index (κ1) is 45.8. The summed E-state index contributed by atoms with van der Waals surface area (Å²) in [4.78, 5) is 26.2. The van der Waals surface area contributed by atoms with Crippen LogP contribution in [0, 0.1) is 0 Å². The van der Waals surface area contributed by atoms with Crippen LogP contribution in [0.15, 0.2) is 60.7 Å². The Bertz CT molecular complexity index is 2160. The highest BCUT2D eigenvalue weighted by Gasteiger charge is 2.38. The summed E-state index contributed by atoms with van der Waals surface area (Å²) in [6, 6.07) is 23.4. The number of benzene rings is 5. The third-order valence-corrected chi connectivity index (χ3v) is 12.2. The van der Waals surface area contributed by atoms with Gasteiger partial charge in [0.15, 0.2) is 0 Å². The van der Waals surface area contributed by atoms with Crippen molar-refractivity contribution in [3.8, 4) is 28.0 Å². The molecule has 5 rings (SSSR count). The minimum Gasteiger partial charge on any atom is -0.810 e. The number of rotatable bonds is 7. The molecule has 0 amide bonds. The molecular formula is C54H73O3P-2. The molecule has 3 nitrogen and oxygen atoms in total. The van der Waals surface area contributed by atoms with Gasteiger partial charge in [0.1, 0.15) is 5.75 Å². The molecule has 314 valence electrons. The fourth-order valence-corrected chi connectivity index (χ4v) is 9.09. The summed E-state index contributed by atoms with van der Waals surface area (Å²) in [5.74, 6) is 0.479. The standard InChI is InChI=1S/C54H73O3P/c1-20-21-22-39-44(40-29-33-23-25-37(49(2,3)4)27-35(33)31-42(40)51(8,9)10)46(53(14,15)16)48(57-58(55)56)47(54(17,18)19)45(39)41-30-34-24-26-38(50(5,6)7)28-36(34)32-43(41)52(11,12)13/h23-32H,20-22H2,1-19H3/q-2. The molecule has 58 heavy (non-hydrogen) atoms. The second-order valence-corrected chi connectivity index (χ2v) is 23.8. The summed E-state index contributed by atoms with van der Waals surface area (Å²) in [5, 5.41) is 4.79. The monoisotopic (exact) mass is 801 g/mol. The molecule has 0 aromatic heterocycles. The largest absolute Gasteiger partial charge is 0.810 e. The molecule has 0 fully saturated rings. The number of hydrogen-bond donors (Lipinski definition) is 0. The van der Waals surface area contributed by atoms with Gasteiger partial charge >= 0.3 is 0 Å². The summed E-state index contributed by atoms with van der Waals surface area (Å²) in [6.07, 6.45) is 2.86. The van der Waals surface area contributed by atoms with Crippen molar-refractivity contribution >= 4 is 30.1 Å². The highest BCUT2D eigenvalue weighted by molar-refractivity contribution is 7.36. The van der Waals surface area contributed by atoms with E-state index in [1.807, 2.05) is 0 Å². The molecule has 0 bridgehead atoms. The lowest BCUT2D eigenvalue weighted by atomic mass is 9.67. The lowest BCUT2D eigenvalue weighted by Gasteiger charge is -2.41. The fourth-order valence-electron chi connectivity index (χ4n) is 8.76.